The first-order chi connectivity index (χ1) is 12.6. The van der Waals surface area contributed by atoms with E-state index in [2.05, 4.69) is 15.0 Å². The van der Waals surface area contributed by atoms with Crippen molar-refractivity contribution in [2.75, 3.05) is 18.0 Å². The highest BCUT2D eigenvalue weighted by atomic mass is 16.5. The Morgan fingerprint density at radius 1 is 1.31 bits per heavy atom. The van der Waals surface area contributed by atoms with Gasteiger partial charge in [0.1, 0.15) is 5.82 Å². The Balaban J connectivity index is 1.42. The molecule has 0 aromatic carbocycles. The normalized spacial score (nSPS) is 27.7. The highest BCUT2D eigenvalue weighted by Crippen LogP contribution is 2.50. The van der Waals surface area contributed by atoms with Crippen molar-refractivity contribution < 1.29 is 14.4 Å². The van der Waals surface area contributed by atoms with Crippen LogP contribution in [0.15, 0.2) is 22.7 Å². The van der Waals surface area contributed by atoms with Crippen LogP contribution in [0.4, 0.5) is 5.82 Å². The van der Waals surface area contributed by atoms with Crippen LogP contribution < -0.4 is 4.90 Å². The first-order valence-corrected chi connectivity index (χ1v) is 9.42. The van der Waals surface area contributed by atoms with E-state index in [0.717, 1.165) is 55.8 Å². The molecule has 0 amide bonds. The van der Waals surface area contributed by atoms with Crippen LogP contribution in [0.5, 0.6) is 0 Å². The summed E-state index contributed by atoms with van der Waals surface area (Å²) in [6.45, 7) is 1.62. The Morgan fingerprint density at radius 2 is 2.19 bits per heavy atom. The second-order valence-electron chi connectivity index (χ2n) is 7.98. The number of rotatable bonds is 5. The summed E-state index contributed by atoms with van der Waals surface area (Å²) in [4.78, 5) is 22.5. The average molecular weight is 354 g/mol. The molecular formula is C19H22N4O3. The molecule has 2 aliphatic carbocycles. The lowest BCUT2D eigenvalue weighted by Gasteiger charge is -2.24. The van der Waals surface area contributed by atoms with Gasteiger partial charge in [-0.2, -0.15) is 4.98 Å². The van der Waals surface area contributed by atoms with E-state index in [1.807, 2.05) is 6.07 Å². The Labute approximate surface area is 151 Å². The molecule has 2 saturated carbocycles. The molecule has 2 aromatic heterocycles. The van der Waals surface area contributed by atoms with Gasteiger partial charge in [0.05, 0.1) is 5.41 Å². The van der Waals surface area contributed by atoms with Gasteiger partial charge in [0, 0.05) is 19.5 Å². The van der Waals surface area contributed by atoms with E-state index in [1.165, 1.54) is 25.3 Å². The molecular weight excluding hydrogens is 332 g/mol. The van der Waals surface area contributed by atoms with Gasteiger partial charge >= 0.3 is 5.97 Å². The van der Waals surface area contributed by atoms with E-state index in [9.17, 15) is 9.90 Å². The molecule has 0 radical (unpaired) electrons. The van der Waals surface area contributed by atoms with Gasteiger partial charge in [-0.25, -0.2) is 9.78 Å². The van der Waals surface area contributed by atoms with Crippen LogP contribution in [0, 0.1) is 11.8 Å². The maximum absolute atomic E-state index is 11.2. The number of aromatic nitrogens is 3. The average Bonchev–Trinajstić information content (AvgIpc) is 3.03. The van der Waals surface area contributed by atoms with Gasteiger partial charge in [-0.15, -0.1) is 0 Å². The Bertz CT molecular complexity index is 847. The van der Waals surface area contributed by atoms with Gasteiger partial charge in [-0.1, -0.05) is 17.6 Å². The lowest BCUT2D eigenvalue weighted by molar-refractivity contribution is 0.0690. The molecule has 7 heteroatoms. The zero-order chi connectivity index (χ0) is 17.7. The summed E-state index contributed by atoms with van der Waals surface area (Å²) < 4.78 is 5.73. The third-order valence-electron chi connectivity index (χ3n) is 6.21. The van der Waals surface area contributed by atoms with Crippen LogP contribution >= 0.6 is 0 Å². The van der Waals surface area contributed by atoms with E-state index in [1.54, 1.807) is 6.07 Å². The Morgan fingerprint density at radius 3 is 3.00 bits per heavy atom. The number of aromatic carboxylic acids is 1. The summed E-state index contributed by atoms with van der Waals surface area (Å²) in [5.74, 6) is 2.52. The van der Waals surface area contributed by atoms with E-state index in [4.69, 9.17) is 9.51 Å². The van der Waals surface area contributed by atoms with E-state index >= 15 is 0 Å². The molecule has 1 N–H and O–H groups in total. The first-order valence-electron chi connectivity index (χ1n) is 9.42. The number of fused-ring (bicyclic) bond motifs is 1. The van der Waals surface area contributed by atoms with Crippen LogP contribution in [0.25, 0.3) is 0 Å². The van der Waals surface area contributed by atoms with Gasteiger partial charge in [0.25, 0.3) is 0 Å². The topological polar surface area (TPSA) is 92.3 Å². The predicted molar refractivity (Wildman–Crippen MR) is 93.2 cm³/mol. The molecule has 0 bridgehead atoms. The Hall–Kier alpha value is -2.44. The largest absolute Gasteiger partial charge is 0.477 e. The van der Waals surface area contributed by atoms with Gasteiger partial charge in [0.2, 0.25) is 5.89 Å². The van der Waals surface area contributed by atoms with Crippen molar-refractivity contribution in [1.29, 1.82) is 0 Å². The van der Waals surface area contributed by atoms with Gasteiger partial charge < -0.3 is 14.5 Å². The lowest BCUT2D eigenvalue weighted by atomic mass is 9.80. The fourth-order valence-corrected chi connectivity index (χ4v) is 4.65. The quantitative estimate of drug-likeness (QED) is 0.882. The Kier molecular flexibility index (Phi) is 3.52. The van der Waals surface area contributed by atoms with Crippen molar-refractivity contribution in [3.63, 3.8) is 0 Å². The number of hydrogen-bond donors (Lipinski definition) is 1. The van der Waals surface area contributed by atoms with Crippen LogP contribution in [0.1, 0.15) is 54.3 Å². The second-order valence-corrected chi connectivity index (χ2v) is 7.98. The summed E-state index contributed by atoms with van der Waals surface area (Å²) >= 11 is 0. The minimum Gasteiger partial charge on any atom is -0.477 e. The molecule has 3 fully saturated rings. The number of pyridine rings is 1. The molecule has 2 aromatic rings. The smallest absolute Gasteiger partial charge is 0.354 e. The number of anilines is 1. The van der Waals surface area contributed by atoms with E-state index in [0.29, 0.717) is 5.92 Å². The molecule has 7 nitrogen and oxygen atoms in total. The molecule has 3 aliphatic rings. The molecule has 0 unspecified atom stereocenters. The van der Waals surface area contributed by atoms with Crippen molar-refractivity contribution in [1.82, 2.24) is 15.1 Å². The molecule has 1 aliphatic heterocycles. The third kappa shape index (κ3) is 2.57. The van der Waals surface area contributed by atoms with Crippen LogP contribution in [0.2, 0.25) is 0 Å². The second kappa shape index (κ2) is 5.79. The van der Waals surface area contributed by atoms with E-state index < -0.39 is 5.97 Å². The first kappa shape index (κ1) is 15.8. The van der Waals surface area contributed by atoms with Crippen molar-refractivity contribution in [2.45, 2.75) is 43.9 Å². The van der Waals surface area contributed by atoms with Gasteiger partial charge in [-0.3, -0.25) is 0 Å². The van der Waals surface area contributed by atoms with Gasteiger partial charge in [0.15, 0.2) is 11.5 Å². The number of carbonyl (C=O) groups is 1. The molecule has 136 valence electrons. The van der Waals surface area contributed by atoms with Crippen molar-refractivity contribution in [3.8, 4) is 0 Å². The van der Waals surface area contributed by atoms with Crippen LogP contribution in [-0.4, -0.2) is 39.3 Å². The summed E-state index contributed by atoms with van der Waals surface area (Å²) in [5, 5.41) is 13.4. The minimum atomic E-state index is -0.998. The zero-order valence-corrected chi connectivity index (χ0v) is 14.6. The molecule has 0 spiro atoms. The molecule has 2 atom stereocenters. The number of carboxylic acids is 1. The molecule has 5 rings (SSSR count). The van der Waals surface area contributed by atoms with Crippen LogP contribution in [0.3, 0.4) is 0 Å². The summed E-state index contributed by atoms with van der Waals surface area (Å²) in [5.41, 5.74) is -0.0338. The zero-order valence-electron chi connectivity index (χ0n) is 14.6. The SMILES string of the molecule is O=C(O)c1cccc(N2C[C@H]3CCC[C@@]3(c3nc(CC4CC4)no3)C2)n1. The van der Waals surface area contributed by atoms with Crippen molar-refractivity contribution in [3.05, 3.63) is 35.6 Å². The molecule has 1 saturated heterocycles. The molecule has 26 heavy (non-hydrogen) atoms. The summed E-state index contributed by atoms with van der Waals surface area (Å²) in [6.07, 6.45) is 6.82. The van der Waals surface area contributed by atoms with Gasteiger partial charge in [-0.05, 0) is 49.7 Å². The highest BCUT2D eigenvalue weighted by molar-refractivity contribution is 5.85. The molecule has 3 heterocycles. The summed E-state index contributed by atoms with van der Waals surface area (Å²) in [6, 6.07) is 5.17. The third-order valence-corrected chi connectivity index (χ3v) is 6.21. The maximum Gasteiger partial charge on any atom is 0.354 e. The predicted octanol–water partition coefficient (Wildman–Crippen LogP) is 2.67. The standard InChI is InChI=1S/C19H22N4O3/c24-17(25)14-4-1-5-16(20-14)23-10-13-3-2-8-19(13,11-23)18-21-15(22-26-18)9-12-6-7-12/h1,4-5,12-13H,2-3,6-11H2,(H,24,25)/t13-,19-/m1/s1. The van der Waals surface area contributed by atoms with Crippen LogP contribution in [-0.2, 0) is 11.8 Å². The fraction of sp³-hybridized carbons (Fsp3) is 0.579. The number of nitrogens with zero attached hydrogens (tertiary/aromatic N) is 4. The monoisotopic (exact) mass is 354 g/mol. The van der Waals surface area contributed by atoms with Crippen molar-refractivity contribution in [2.24, 2.45) is 11.8 Å². The van der Waals surface area contributed by atoms with Crippen molar-refractivity contribution >= 4 is 11.8 Å². The highest BCUT2D eigenvalue weighted by Gasteiger charge is 2.54. The van der Waals surface area contributed by atoms with E-state index in [-0.39, 0.29) is 11.1 Å². The number of carboxylic acid groups (broad SMARTS) is 1. The minimum absolute atomic E-state index is 0.0816. The fourth-order valence-electron chi connectivity index (χ4n) is 4.65. The number of hydrogen-bond acceptors (Lipinski definition) is 6. The maximum atomic E-state index is 11.2. The lowest BCUT2D eigenvalue weighted by Crippen LogP contribution is -2.32. The summed E-state index contributed by atoms with van der Waals surface area (Å²) in [7, 11) is 0.